The molecular weight excluding hydrogens is 300 g/mol. The van der Waals surface area contributed by atoms with E-state index in [0.29, 0.717) is 12.2 Å². The van der Waals surface area contributed by atoms with Crippen LogP contribution in [0.4, 0.5) is 11.4 Å². The lowest BCUT2D eigenvalue weighted by Gasteiger charge is -2.17. The van der Waals surface area contributed by atoms with Crippen LogP contribution in [0.15, 0.2) is 24.3 Å². The maximum Gasteiger partial charge on any atom is 0.279 e. The van der Waals surface area contributed by atoms with Crippen molar-refractivity contribution in [3.63, 3.8) is 0 Å². The molecular formula is C15H23N4O4+. The van der Waals surface area contributed by atoms with Crippen molar-refractivity contribution < 1.29 is 19.4 Å². The standard InChI is InChI=1S/C15H22N4O4/c1-4-18(9-14(20)16-11(2)3)10-15(21)17-12-5-7-13(8-6-12)19(22)23/h5-8,11H,4,9-10H2,1-3H3,(H,16,20)(H,17,21)/p+1. The van der Waals surface area contributed by atoms with Gasteiger partial charge in [0.2, 0.25) is 0 Å². The van der Waals surface area contributed by atoms with Crippen molar-refractivity contribution in [3.8, 4) is 0 Å². The highest BCUT2D eigenvalue weighted by molar-refractivity contribution is 5.91. The number of carbonyl (C=O) groups is 2. The molecule has 1 aromatic rings. The van der Waals surface area contributed by atoms with Crippen LogP contribution >= 0.6 is 0 Å². The number of amides is 2. The maximum absolute atomic E-state index is 12.0. The molecule has 8 nitrogen and oxygen atoms in total. The van der Waals surface area contributed by atoms with E-state index in [2.05, 4.69) is 10.6 Å². The molecule has 0 aliphatic heterocycles. The molecule has 8 heteroatoms. The quantitative estimate of drug-likeness (QED) is 0.461. The summed E-state index contributed by atoms with van der Waals surface area (Å²) >= 11 is 0. The van der Waals surface area contributed by atoms with Crippen molar-refractivity contribution in [1.82, 2.24) is 5.32 Å². The van der Waals surface area contributed by atoms with Crippen LogP contribution in [0.1, 0.15) is 20.8 Å². The zero-order valence-electron chi connectivity index (χ0n) is 13.6. The van der Waals surface area contributed by atoms with Crippen LogP contribution in [0.2, 0.25) is 0 Å². The first kappa shape index (κ1) is 18.6. The summed E-state index contributed by atoms with van der Waals surface area (Å²) in [6.45, 7) is 6.67. The van der Waals surface area contributed by atoms with Crippen molar-refractivity contribution in [3.05, 3.63) is 34.4 Å². The van der Waals surface area contributed by atoms with Gasteiger partial charge in [-0.1, -0.05) is 0 Å². The number of anilines is 1. The summed E-state index contributed by atoms with van der Waals surface area (Å²) in [7, 11) is 0. The predicted molar refractivity (Wildman–Crippen MR) is 86.2 cm³/mol. The van der Waals surface area contributed by atoms with Crippen LogP contribution in [0.3, 0.4) is 0 Å². The Morgan fingerprint density at radius 2 is 1.74 bits per heavy atom. The third-order valence-corrected chi connectivity index (χ3v) is 3.13. The van der Waals surface area contributed by atoms with Gasteiger partial charge in [-0.2, -0.15) is 0 Å². The Kier molecular flexibility index (Phi) is 7.14. The van der Waals surface area contributed by atoms with E-state index in [1.165, 1.54) is 24.3 Å². The lowest BCUT2D eigenvalue weighted by atomic mass is 10.3. The number of rotatable bonds is 8. The number of nitro benzene ring substituents is 1. The van der Waals surface area contributed by atoms with Gasteiger partial charge in [-0.25, -0.2) is 0 Å². The topological polar surface area (TPSA) is 106 Å². The van der Waals surface area contributed by atoms with Gasteiger partial charge in [0.1, 0.15) is 0 Å². The third kappa shape index (κ3) is 6.88. The van der Waals surface area contributed by atoms with Crippen LogP contribution in [-0.2, 0) is 9.59 Å². The minimum atomic E-state index is -0.498. The number of hydrogen-bond donors (Lipinski definition) is 3. The van der Waals surface area contributed by atoms with Crippen LogP contribution in [0.5, 0.6) is 0 Å². The van der Waals surface area contributed by atoms with Crippen molar-refractivity contribution in [2.24, 2.45) is 0 Å². The van der Waals surface area contributed by atoms with Crippen LogP contribution in [0, 0.1) is 10.1 Å². The van der Waals surface area contributed by atoms with E-state index in [9.17, 15) is 19.7 Å². The van der Waals surface area contributed by atoms with Crippen LogP contribution in [-0.4, -0.2) is 42.4 Å². The molecule has 1 rings (SSSR count). The molecule has 0 aliphatic rings. The van der Waals surface area contributed by atoms with Gasteiger partial charge in [0.05, 0.1) is 11.5 Å². The van der Waals surface area contributed by atoms with Gasteiger partial charge in [0.15, 0.2) is 13.1 Å². The number of quaternary nitrogens is 1. The molecule has 3 N–H and O–H groups in total. The smallest absolute Gasteiger partial charge is 0.279 e. The summed E-state index contributed by atoms with van der Waals surface area (Å²) in [6.07, 6.45) is 0. The lowest BCUT2D eigenvalue weighted by molar-refractivity contribution is -0.881. The number of benzene rings is 1. The van der Waals surface area contributed by atoms with Gasteiger partial charge in [0, 0.05) is 23.9 Å². The Hall–Kier alpha value is -2.48. The zero-order valence-corrected chi connectivity index (χ0v) is 13.6. The number of nitrogens with zero attached hydrogens (tertiary/aromatic N) is 1. The molecule has 0 aromatic heterocycles. The summed E-state index contributed by atoms with van der Waals surface area (Å²) in [5.41, 5.74) is 0.455. The second kappa shape index (κ2) is 8.84. The zero-order chi connectivity index (χ0) is 17.4. The van der Waals surface area contributed by atoms with Gasteiger partial charge in [-0.3, -0.25) is 19.7 Å². The van der Waals surface area contributed by atoms with Gasteiger partial charge in [0.25, 0.3) is 17.5 Å². The fraction of sp³-hybridized carbons (Fsp3) is 0.467. The highest BCUT2D eigenvalue weighted by atomic mass is 16.6. The molecule has 0 spiro atoms. The van der Waals surface area contributed by atoms with Gasteiger partial charge in [-0.05, 0) is 32.9 Å². The Bertz CT molecular complexity index is 557. The van der Waals surface area contributed by atoms with E-state index in [1.807, 2.05) is 20.8 Å². The largest absolute Gasteiger partial charge is 0.349 e. The first-order valence-electron chi connectivity index (χ1n) is 7.49. The molecule has 0 saturated carbocycles. The Morgan fingerprint density at radius 1 is 1.17 bits per heavy atom. The van der Waals surface area contributed by atoms with Crippen LogP contribution in [0.25, 0.3) is 0 Å². The predicted octanol–water partition coefficient (Wildman–Crippen LogP) is -0.0373. The first-order chi connectivity index (χ1) is 10.8. The van der Waals surface area contributed by atoms with Crippen LogP contribution < -0.4 is 15.5 Å². The second-order valence-electron chi connectivity index (χ2n) is 5.53. The molecule has 1 aromatic carbocycles. The number of hydrogen-bond acceptors (Lipinski definition) is 4. The van der Waals surface area contributed by atoms with E-state index in [-0.39, 0.29) is 36.6 Å². The second-order valence-corrected chi connectivity index (χ2v) is 5.53. The number of nitro groups is 1. The number of likely N-dealkylation sites (N-methyl/N-ethyl adjacent to an activating group) is 1. The molecule has 0 radical (unpaired) electrons. The van der Waals surface area contributed by atoms with Crippen molar-refractivity contribution in [1.29, 1.82) is 0 Å². The van der Waals surface area contributed by atoms with Crippen molar-refractivity contribution >= 4 is 23.2 Å². The molecule has 1 atom stereocenters. The highest BCUT2D eigenvalue weighted by Gasteiger charge is 2.17. The molecule has 1 unspecified atom stereocenters. The average Bonchev–Trinajstić information content (AvgIpc) is 2.46. The Labute approximate surface area is 135 Å². The molecule has 0 aliphatic carbocycles. The molecule has 0 fully saturated rings. The molecule has 126 valence electrons. The minimum Gasteiger partial charge on any atom is -0.349 e. The van der Waals surface area contributed by atoms with Crippen molar-refractivity contribution in [2.45, 2.75) is 26.8 Å². The van der Waals surface area contributed by atoms with Gasteiger partial charge < -0.3 is 15.5 Å². The summed E-state index contributed by atoms with van der Waals surface area (Å²) in [4.78, 5) is 34.7. The molecule has 23 heavy (non-hydrogen) atoms. The van der Waals surface area contributed by atoms with E-state index < -0.39 is 4.92 Å². The summed E-state index contributed by atoms with van der Waals surface area (Å²) in [5, 5.41) is 16.0. The molecule has 2 amide bonds. The minimum absolute atomic E-state index is 0.0332. The summed E-state index contributed by atoms with van der Waals surface area (Å²) in [6, 6.07) is 5.68. The van der Waals surface area contributed by atoms with Gasteiger partial charge in [-0.15, -0.1) is 0 Å². The maximum atomic E-state index is 12.0. The molecule has 0 saturated heterocycles. The normalized spacial score (nSPS) is 11.8. The SMILES string of the molecule is CC[NH+](CC(=O)Nc1ccc([N+](=O)[O-])cc1)CC(=O)NC(C)C. The van der Waals surface area contributed by atoms with Crippen molar-refractivity contribution in [2.75, 3.05) is 25.0 Å². The van der Waals surface area contributed by atoms with Gasteiger partial charge >= 0.3 is 0 Å². The van der Waals surface area contributed by atoms with E-state index in [0.717, 1.165) is 4.90 Å². The highest BCUT2D eigenvalue weighted by Crippen LogP contribution is 2.14. The number of nitrogens with one attached hydrogen (secondary N) is 3. The first-order valence-corrected chi connectivity index (χ1v) is 7.49. The fourth-order valence-corrected chi connectivity index (χ4v) is 2.01. The number of carbonyl (C=O) groups excluding carboxylic acids is 2. The lowest BCUT2D eigenvalue weighted by Crippen LogP contribution is -3.14. The monoisotopic (exact) mass is 323 g/mol. The third-order valence-electron chi connectivity index (χ3n) is 3.13. The van der Waals surface area contributed by atoms with E-state index in [4.69, 9.17) is 0 Å². The number of non-ortho nitro benzene ring substituents is 1. The van der Waals surface area contributed by atoms with E-state index >= 15 is 0 Å². The molecule has 0 bridgehead atoms. The Balaban J connectivity index is 2.53. The van der Waals surface area contributed by atoms with E-state index in [1.54, 1.807) is 0 Å². The molecule has 0 heterocycles. The summed E-state index contributed by atoms with van der Waals surface area (Å²) in [5.74, 6) is -0.340. The Morgan fingerprint density at radius 3 is 2.22 bits per heavy atom. The average molecular weight is 323 g/mol. The summed E-state index contributed by atoms with van der Waals surface area (Å²) < 4.78 is 0. The fourth-order valence-electron chi connectivity index (χ4n) is 2.01.